The lowest BCUT2D eigenvalue weighted by molar-refractivity contribution is 0.195. The second-order valence-corrected chi connectivity index (χ2v) is 4.86. The van der Waals surface area contributed by atoms with Crippen LogP contribution in [-0.2, 0) is 11.2 Å². The number of nitrogens with zero attached hydrogens (tertiary/aromatic N) is 1. The largest absolute Gasteiger partial charge is 0.491 e. The Morgan fingerprint density at radius 2 is 2.19 bits per heavy atom. The van der Waals surface area contributed by atoms with Gasteiger partial charge in [-0.05, 0) is 35.8 Å². The summed E-state index contributed by atoms with van der Waals surface area (Å²) in [5.74, 6) is 0.750. The van der Waals surface area contributed by atoms with Gasteiger partial charge in [-0.15, -0.1) is 0 Å². The van der Waals surface area contributed by atoms with Gasteiger partial charge in [-0.2, -0.15) is 0 Å². The van der Waals surface area contributed by atoms with Crippen LogP contribution in [0.1, 0.15) is 12.0 Å². The third-order valence-electron chi connectivity index (χ3n) is 3.43. The summed E-state index contributed by atoms with van der Waals surface area (Å²) in [5, 5.41) is 1.11. The zero-order valence-corrected chi connectivity index (χ0v) is 11.7. The molecule has 0 aromatic carbocycles. The minimum Gasteiger partial charge on any atom is -0.491 e. The topological polar surface area (TPSA) is 37.9 Å². The fraction of sp³-hybridized carbons (Fsp3) is 0.235. The van der Waals surface area contributed by atoms with Crippen LogP contribution >= 0.6 is 0 Å². The highest BCUT2D eigenvalue weighted by Crippen LogP contribution is 2.23. The lowest BCUT2D eigenvalue weighted by Gasteiger charge is -2.09. The standard InChI is InChI=1S/C17H17FN2O/c18-8-10-21-16-7-3-1-2-5-13(16)11-14-12-20-17-15(14)6-4-9-19-17/h2-7,9,12H,1,8,10-11H2,(H,19,20). The molecule has 2 heterocycles. The molecule has 2 aromatic rings. The number of rotatable bonds is 5. The van der Waals surface area contributed by atoms with Crippen molar-refractivity contribution in [2.75, 3.05) is 13.3 Å². The van der Waals surface area contributed by atoms with Gasteiger partial charge >= 0.3 is 0 Å². The molecular formula is C17H17FN2O. The van der Waals surface area contributed by atoms with Gasteiger partial charge < -0.3 is 9.72 Å². The van der Waals surface area contributed by atoms with Gasteiger partial charge in [-0.3, -0.25) is 0 Å². The lowest BCUT2D eigenvalue weighted by atomic mass is 10.0. The van der Waals surface area contributed by atoms with E-state index in [4.69, 9.17) is 4.74 Å². The minimum absolute atomic E-state index is 0.0897. The van der Waals surface area contributed by atoms with Gasteiger partial charge in [-0.25, -0.2) is 9.37 Å². The van der Waals surface area contributed by atoms with Gasteiger partial charge in [-0.1, -0.05) is 18.2 Å². The number of pyridine rings is 1. The summed E-state index contributed by atoms with van der Waals surface area (Å²) >= 11 is 0. The summed E-state index contributed by atoms with van der Waals surface area (Å²) in [5.41, 5.74) is 3.10. The summed E-state index contributed by atoms with van der Waals surface area (Å²) in [6.07, 6.45) is 13.4. The Hall–Kier alpha value is -2.36. The fourth-order valence-electron chi connectivity index (χ4n) is 2.45. The molecule has 3 rings (SSSR count). The second-order valence-electron chi connectivity index (χ2n) is 4.86. The Kier molecular flexibility index (Phi) is 4.15. The van der Waals surface area contributed by atoms with Crippen LogP contribution in [-0.4, -0.2) is 23.2 Å². The van der Waals surface area contributed by atoms with Crippen molar-refractivity contribution < 1.29 is 9.13 Å². The number of alkyl halides is 1. The zero-order chi connectivity index (χ0) is 14.5. The second kappa shape index (κ2) is 6.39. The van der Waals surface area contributed by atoms with Gasteiger partial charge in [0.15, 0.2) is 0 Å². The van der Waals surface area contributed by atoms with Crippen molar-refractivity contribution in [2.45, 2.75) is 12.8 Å². The molecule has 1 aliphatic rings. The van der Waals surface area contributed by atoms with E-state index in [-0.39, 0.29) is 6.61 Å². The average molecular weight is 284 g/mol. The number of H-pyrrole nitrogens is 1. The molecule has 0 saturated heterocycles. The summed E-state index contributed by atoms with van der Waals surface area (Å²) in [6, 6.07) is 3.98. The van der Waals surface area contributed by atoms with Crippen molar-refractivity contribution in [3.8, 4) is 0 Å². The number of nitrogens with one attached hydrogen (secondary N) is 1. The molecule has 0 radical (unpaired) electrons. The van der Waals surface area contributed by atoms with Crippen LogP contribution < -0.4 is 0 Å². The van der Waals surface area contributed by atoms with Gasteiger partial charge in [0.05, 0.1) is 0 Å². The number of hydrogen-bond donors (Lipinski definition) is 1. The van der Waals surface area contributed by atoms with E-state index in [9.17, 15) is 4.39 Å². The van der Waals surface area contributed by atoms with Crippen LogP contribution in [0, 0.1) is 0 Å². The Labute approximate surface area is 122 Å². The highest BCUT2D eigenvalue weighted by atomic mass is 19.1. The molecule has 2 aromatic heterocycles. The molecule has 21 heavy (non-hydrogen) atoms. The van der Waals surface area contributed by atoms with Crippen LogP contribution in [0.5, 0.6) is 0 Å². The van der Waals surface area contributed by atoms with Crippen molar-refractivity contribution in [1.29, 1.82) is 0 Å². The van der Waals surface area contributed by atoms with Crippen molar-refractivity contribution in [1.82, 2.24) is 9.97 Å². The molecule has 0 fully saturated rings. The number of aromatic amines is 1. The highest BCUT2D eigenvalue weighted by molar-refractivity contribution is 5.79. The molecule has 0 atom stereocenters. The molecule has 1 N–H and O–H groups in total. The van der Waals surface area contributed by atoms with Crippen molar-refractivity contribution in [3.05, 3.63) is 65.7 Å². The van der Waals surface area contributed by atoms with E-state index in [1.165, 1.54) is 0 Å². The maximum absolute atomic E-state index is 12.4. The molecule has 108 valence electrons. The van der Waals surface area contributed by atoms with E-state index in [2.05, 4.69) is 22.1 Å². The monoisotopic (exact) mass is 284 g/mol. The SMILES string of the molecule is FCCOC1=C(Cc2c[nH]c3ncccc23)C=CCC=C1. The number of hydrogen-bond acceptors (Lipinski definition) is 2. The lowest BCUT2D eigenvalue weighted by Crippen LogP contribution is -1.99. The fourth-order valence-corrected chi connectivity index (χ4v) is 2.45. The highest BCUT2D eigenvalue weighted by Gasteiger charge is 2.10. The molecule has 3 nitrogen and oxygen atoms in total. The zero-order valence-electron chi connectivity index (χ0n) is 11.7. The molecule has 0 saturated carbocycles. The first kappa shape index (κ1) is 13.6. The molecule has 0 aliphatic heterocycles. The van der Waals surface area contributed by atoms with Crippen LogP contribution in [0.4, 0.5) is 4.39 Å². The number of halogens is 1. The summed E-state index contributed by atoms with van der Waals surface area (Å²) in [4.78, 5) is 7.47. The first-order valence-electron chi connectivity index (χ1n) is 7.04. The van der Waals surface area contributed by atoms with Crippen LogP contribution in [0.15, 0.2) is 60.2 Å². The molecule has 0 amide bonds. The molecule has 0 unspecified atom stereocenters. The number of fused-ring (bicyclic) bond motifs is 1. The van der Waals surface area contributed by atoms with Crippen LogP contribution in [0.25, 0.3) is 11.0 Å². The predicted molar refractivity (Wildman–Crippen MR) is 81.6 cm³/mol. The Morgan fingerprint density at radius 1 is 1.29 bits per heavy atom. The number of ether oxygens (including phenoxy) is 1. The Balaban J connectivity index is 1.93. The average Bonchev–Trinajstić information content (AvgIpc) is 2.78. The first-order valence-corrected chi connectivity index (χ1v) is 7.04. The van der Waals surface area contributed by atoms with E-state index >= 15 is 0 Å². The summed E-state index contributed by atoms with van der Waals surface area (Å²) < 4.78 is 17.9. The smallest absolute Gasteiger partial charge is 0.137 e. The summed E-state index contributed by atoms with van der Waals surface area (Å²) in [6.45, 7) is -0.391. The van der Waals surface area contributed by atoms with Gasteiger partial charge in [0.2, 0.25) is 0 Å². The minimum atomic E-state index is -0.481. The van der Waals surface area contributed by atoms with E-state index in [0.29, 0.717) is 0 Å². The maximum atomic E-state index is 12.4. The quantitative estimate of drug-likeness (QED) is 0.905. The first-order chi connectivity index (χ1) is 10.4. The molecular weight excluding hydrogens is 267 g/mol. The third-order valence-corrected chi connectivity index (χ3v) is 3.43. The van der Waals surface area contributed by atoms with Crippen LogP contribution in [0.2, 0.25) is 0 Å². The van der Waals surface area contributed by atoms with Gasteiger partial charge in [0.1, 0.15) is 24.7 Å². The number of allylic oxidation sites excluding steroid dienone is 5. The normalized spacial score (nSPS) is 14.7. The van der Waals surface area contributed by atoms with E-state index in [1.807, 2.05) is 30.5 Å². The molecule has 1 aliphatic carbocycles. The molecule has 0 bridgehead atoms. The van der Waals surface area contributed by atoms with E-state index in [0.717, 1.165) is 40.8 Å². The van der Waals surface area contributed by atoms with Crippen LogP contribution in [0.3, 0.4) is 0 Å². The predicted octanol–water partition coefficient (Wildman–Crippen LogP) is 3.86. The Bertz CT molecular complexity index is 712. The third kappa shape index (κ3) is 3.05. The van der Waals surface area contributed by atoms with Gasteiger partial charge in [0, 0.05) is 24.2 Å². The van der Waals surface area contributed by atoms with Gasteiger partial charge in [0.25, 0.3) is 0 Å². The van der Waals surface area contributed by atoms with Crippen molar-refractivity contribution >= 4 is 11.0 Å². The van der Waals surface area contributed by atoms with Crippen molar-refractivity contribution in [2.24, 2.45) is 0 Å². The Morgan fingerprint density at radius 3 is 3.10 bits per heavy atom. The maximum Gasteiger partial charge on any atom is 0.137 e. The van der Waals surface area contributed by atoms with Crippen molar-refractivity contribution in [3.63, 3.8) is 0 Å². The molecule has 0 spiro atoms. The van der Waals surface area contributed by atoms with E-state index < -0.39 is 6.67 Å². The molecule has 4 heteroatoms. The summed E-state index contributed by atoms with van der Waals surface area (Å²) in [7, 11) is 0. The van der Waals surface area contributed by atoms with E-state index in [1.54, 1.807) is 6.20 Å². The number of aromatic nitrogens is 2.